The molecule has 1 saturated carbocycles. The van der Waals surface area contributed by atoms with Crippen LogP contribution in [0, 0.1) is 11.3 Å². The van der Waals surface area contributed by atoms with Gasteiger partial charge in [0.2, 0.25) is 0 Å². The monoisotopic (exact) mass is 235 g/mol. The van der Waals surface area contributed by atoms with Crippen molar-refractivity contribution in [2.75, 3.05) is 20.8 Å². The van der Waals surface area contributed by atoms with E-state index in [0.717, 1.165) is 17.1 Å². The first-order valence-corrected chi connectivity index (χ1v) is 5.98. The van der Waals surface area contributed by atoms with E-state index in [-0.39, 0.29) is 5.41 Å². The lowest BCUT2D eigenvalue weighted by Gasteiger charge is -2.14. The molecule has 0 bridgehead atoms. The molecular weight excluding hydrogens is 214 g/mol. The molecule has 1 aromatic carbocycles. The second-order valence-electron chi connectivity index (χ2n) is 5.22. The van der Waals surface area contributed by atoms with Gasteiger partial charge in [-0.25, -0.2) is 0 Å². The van der Waals surface area contributed by atoms with Crippen LogP contribution < -0.4 is 15.2 Å². The average molecular weight is 235 g/mol. The first kappa shape index (κ1) is 12.2. The average Bonchev–Trinajstić information content (AvgIpc) is 2.89. The number of nitrogens with two attached hydrogens (primary N) is 1. The van der Waals surface area contributed by atoms with Crippen LogP contribution in [0.1, 0.15) is 25.3 Å². The summed E-state index contributed by atoms with van der Waals surface area (Å²) in [6, 6.07) is 5.92. The third-order valence-corrected chi connectivity index (χ3v) is 4.08. The van der Waals surface area contributed by atoms with Crippen LogP contribution in [-0.2, 0) is 0 Å². The SMILES string of the molecule is COc1cccc(OC)c1[C@H]1[C@H](CN)C1(C)C. The van der Waals surface area contributed by atoms with Crippen molar-refractivity contribution in [3.8, 4) is 11.5 Å². The van der Waals surface area contributed by atoms with Crippen LogP contribution in [0.2, 0.25) is 0 Å². The van der Waals surface area contributed by atoms with E-state index in [2.05, 4.69) is 13.8 Å². The minimum Gasteiger partial charge on any atom is -0.496 e. The minimum atomic E-state index is 0.233. The van der Waals surface area contributed by atoms with Crippen molar-refractivity contribution in [2.24, 2.45) is 17.1 Å². The number of benzene rings is 1. The van der Waals surface area contributed by atoms with Crippen LogP contribution in [-0.4, -0.2) is 20.8 Å². The van der Waals surface area contributed by atoms with E-state index in [9.17, 15) is 0 Å². The Kier molecular flexibility index (Phi) is 3.04. The Balaban J connectivity index is 2.45. The van der Waals surface area contributed by atoms with Crippen molar-refractivity contribution in [3.63, 3.8) is 0 Å². The summed E-state index contributed by atoms with van der Waals surface area (Å²) in [6.45, 7) is 5.21. The van der Waals surface area contributed by atoms with Gasteiger partial charge in [-0.2, -0.15) is 0 Å². The number of rotatable bonds is 4. The molecule has 0 heterocycles. The Morgan fingerprint density at radius 1 is 1.18 bits per heavy atom. The number of methoxy groups -OCH3 is 2. The van der Waals surface area contributed by atoms with Crippen LogP contribution >= 0.6 is 0 Å². The zero-order valence-corrected chi connectivity index (χ0v) is 11.0. The Hall–Kier alpha value is -1.22. The molecule has 0 unspecified atom stereocenters. The molecule has 0 saturated heterocycles. The fourth-order valence-electron chi connectivity index (χ4n) is 2.94. The quantitative estimate of drug-likeness (QED) is 0.871. The Morgan fingerprint density at radius 3 is 2.06 bits per heavy atom. The molecule has 2 rings (SSSR count). The predicted molar refractivity (Wildman–Crippen MR) is 68.6 cm³/mol. The summed E-state index contributed by atoms with van der Waals surface area (Å²) in [4.78, 5) is 0. The molecule has 3 heteroatoms. The lowest BCUT2D eigenvalue weighted by Crippen LogP contribution is -2.05. The molecule has 2 N–H and O–H groups in total. The maximum absolute atomic E-state index is 5.84. The second kappa shape index (κ2) is 4.22. The van der Waals surface area contributed by atoms with Gasteiger partial charge in [0.25, 0.3) is 0 Å². The molecule has 17 heavy (non-hydrogen) atoms. The number of hydrogen-bond acceptors (Lipinski definition) is 3. The highest BCUT2D eigenvalue weighted by atomic mass is 16.5. The van der Waals surface area contributed by atoms with Crippen molar-refractivity contribution >= 4 is 0 Å². The van der Waals surface area contributed by atoms with E-state index < -0.39 is 0 Å². The van der Waals surface area contributed by atoms with Gasteiger partial charge in [-0.05, 0) is 30.0 Å². The molecule has 2 atom stereocenters. The largest absolute Gasteiger partial charge is 0.496 e. The van der Waals surface area contributed by atoms with Gasteiger partial charge in [-0.1, -0.05) is 19.9 Å². The van der Waals surface area contributed by atoms with E-state index in [1.165, 1.54) is 0 Å². The predicted octanol–water partition coefficient (Wildman–Crippen LogP) is 2.40. The van der Waals surface area contributed by atoms with E-state index >= 15 is 0 Å². The van der Waals surface area contributed by atoms with Crippen molar-refractivity contribution in [2.45, 2.75) is 19.8 Å². The van der Waals surface area contributed by atoms with Crippen LogP contribution in [0.5, 0.6) is 11.5 Å². The van der Waals surface area contributed by atoms with Gasteiger partial charge >= 0.3 is 0 Å². The standard InChI is InChI=1S/C14H21NO2/c1-14(2)9(8-15)13(14)12-10(16-3)6-5-7-11(12)17-4/h5-7,9,13H,8,15H2,1-4H3/t9-,13+/m0/s1. The van der Waals surface area contributed by atoms with Gasteiger partial charge < -0.3 is 15.2 Å². The molecule has 0 spiro atoms. The third-order valence-electron chi connectivity index (χ3n) is 4.08. The summed E-state index contributed by atoms with van der Waals surface area (Å²) in [5, 5.41) is 0. The second-order valence-corrected chi connectivity index (χ2v) is 5.22. The fraction of sp³-hybridized carbons (Fsp3) is 0.571. The lowest BCUT2D eigenvalue weighted by atomic mass is 10.0. The van der Waals surface area contributed by atoms with E-state index in [1.54, 1.807) is 14.2 Å². The van der Waals surface area contributed by atoms with Crippen LogP contribution in [0.25, 0.3) is 0 Å². The zero-order valence-electron chi connectivity index (χ0n) is 11.0. The zero-order chi connectivity index (χ0) is 12.6. The summed E-state index contributed by atoms with van der Waals surface area (Å²) in [5.74, 6) is 2.74. The summed E-state index contributed by atoms with van der Waals surface area (Å²) in [7, 11) is 3.40. The first-order chi connectivity index (χ1) is 8.07. The molecule has 1 fully saturated rings. The normalized spacial score (nSPS) is 25.5. The molecule has 3 nitrogen and oxygen atoms in total. The van der Waals surface area contributed by atoms with Crippen molar-refractivity contribution in [1.29, 1.82) is 0 Å². The Bertz CT molecular complexity index is 392. The molecule has 0 aliphatic heterocycles. The van der Waals surface area contributed by atoms with Crippen molar-refractivity contribution < 1.29 is 9.47 Å². The molecule has 1 aliphatic carbocycles. The van der Waals surface area contributed by atoms with E-state index in [1.807, 2.05) is 18.2 Å². The van der Waals surface area contributed by atoms with Gasteiger partial charge in [0.05, 0.1) is 14.2 Å². The minimum absolute atomic E-state index is 0.233. The molecule has 1 aliphatic rings. The summed E-state index contributed by atoms with van der Waals surface area (Å²) < 4.78 is 10.9. The maximum atomic E-state index is 5.84. The van der Waals surface area contributed by atoms with Gasteiger partial charge in [0.1, 0.15) is 11.5 Å². The highest BCUT2D eigenvalue weighted by Crippen LogP contribution is 2.66. The highest BCUT2D eigenvalue weighted by Gasteiger charge is 2.59. The lowest BCUT2D eigenvalue weighted by molar-refractivity contribution is 0.382. The molecule has 0 radical (unpaired) electrons. The van der Waals surface area contributed by atoms with Gasteiger partial charge in [0.15, 0.2) is 0 Å². The topological polar surface area (TPSA) is 44.5 Å². The van der Waals surface area contributed by atoms with Gasteiger partial charge in [-0.3, -0.25) is 0 Å². The molecule has 1 aromatic rings. The Labute approximate surface area is 103 Å². The van der Waals surface area contributed by atoms with Crippen molar-refractivity contribution in [1.82, 2.24) is 0 Å². The molecule has 0 aromatic heterocycles. The summed E-state index contributed by atoms with van der Waals surface area (Å²) in [6.07, 6.45) is 0. The van der Waals surface area contributed by atoms with E-state index in [4.69, 9.17) is 15.2 Å². The Morgan fingerprint density at radius 2 is 1.71 bits per heavy atom. The van der Waals surface area contributed by atoms with Crippen LogP contribution in [0.3, 0.4) is 0 Å². The highest BCUT2D eigenvalue weighted by molar-refractivity contribution is 5.51. The molecule has 0 amide bonds. The van der Waals surface area contributed by atoms with Crippen LogP contribution in [0.4, 0.5) is 0 Å². The smallest absolute Gasteiger partial charge is 0.126 e. The fourth-order valence-corrected chi connectivity index (χ4v) is 2.94. The molecular formula is C14H21NO2. The summed E-state index contributed by atoms with van der Waals surface area (Å²) >= 11 is 0. The molecule has 94 valence electrons. The van der Waals surface area contributed by atoms with Crippen molar-refractivity contribution in [3.05, 3.63) is 23.8 Å². The van der Waals surface area contributed by atoms with Crippen LogP contribution in [0.15, 0.2) is 18.2 Å². The first-order valence-electron chi connectivity index (χ1n) is 5.98. The van der Waals surface area contributed by atoms with Gasteiger partial charge in [-0.15, -0.1) is 0 Å². The number of hydrogen-bond donors (Lipinski definition) is 1. The maximum Gasteiger partial charge on any atom is 0.126 e. The summed E-state index contributed by atoms with van der Waals surface area (Å²) in [5.41, 5.74) is 7.24. The third kappa shape index (κ3) is 1.78. The number of ether oxygens (including phenoxy) is 2. The van der Waals surface area contributed by atoms with E-state index in [0.29, 0.717) is 18.4 Å². The van der Waals surface area contributed by atoms with Gasteiger partial charge in [0, 0.05) is 11.5 Å².